The molecule has 0 aromatic heterocycles. The van der Waals surface area contributed by atoms with Crippen LogP contribution in [0.3, 0.4) is 0 Å². The van der Waals surface area contributed by atoms with Gasteiger partial charge in [-0.05, 0) is 79.6 Å². The normalized spacial score (nSPS) is 19.2. The van der Waals surface area contributed by atoms with Gasteiger partial charge < -0.3 is 9.80 Å². The van der Waals surface area contributed by atoms with E-state index in [1.54, 1.807) is 0 Å². The molecule has 0 spiro atoms. The van der Waals surface area contributed by atoms with E-state index in [0.717, 1.165) is 12.3 Å². The van der Waals surface area contributed by atoms with Crippen LogP contribution in [0.1, 0.15) is 46.5 Å². The third-order valence-corrected chi connectivity index (χ3v) is 3.81. The van der Waals surface area contributed by atoms with Crippen LogP contribution < -0.4 is 0 Å². The zero-order valence-corrected chi connectivity index (χ0v) is 14.5. The van der Waals surface area contributed by atoms with Crippen molar-refractivity contribution in [2.45, 2.75) is 46.5 Å². The molecule has 1 unspecified atom stereocenters. The van der Waals surface area contributed by atoms with E-state index in [2.05, 4.69) is 50.4 Å². The Kier molecular flexibility index (Phi) is 11.8. The van der Waals surface area contributed by atoms with Crippen molar-refractivity contribution in [1.29, 1.82) is 0 Å². The number of hydrogen-bond acceptors (Lipinski definition) is 2. The molecule has 0 aliphatic carbocycles. The maximum atomic E-state index is 3.79. The lowest BCUT2D eigenvalue weighted by Gasteiger charge is -2.33. The van der Waals surface area contributed by atoms with E-state index in [9.17, 15) is 0 Å². The summed E-state index contributed by atoms with van der Waals surface area (Å²) in [4.78, 5) is 4.90. The second-order valence-corrected chi connectivity index (χ2v) is 6.34. The lowest BCUT2D eigenvalue weighted by Crippen LogP contribution is -2.36. The molecule has 0 N–H and O–H groups in total. The van der Waals surface area contributed by atoms with Crippen LogP contribution >= 0.6 is 0 Å². The number of piperidine rings is 1. The Bertz CT molecular complexity index is 265. The van der Waals surface area contributed by atoms with Crippen LogP contribution in [-0.2, 0) is 0 Å². The van der Waals surface area contributed by atoms with Crippen molar-refractivity contribution < 1.29 is 0 Å². The van der Waals surface area contributed by atoms with Crippen LogP contribution in [0.4, 0.5) is 0 Å². The van der Waals surface area contributed by atoms with Crippen LogP contribution in [-0.4, -0.2) is 50.1 Å². The Morgan fingerprint density at radius 1 is 1.35 bits per heavy atom. The molecule has 1 fully saturated rings. The fourth-order valence-electron chi connectivity index (χ4n) is 2.30. The number of nitrogens with zero attached hydrogens (tertiary/aromatic N) is 2. The lowest BCUT2D eigenvalue weighted by atomic mass is 9.94. The summed E-state index contributed by atoms with van der Waals surface area (Å²) in [5.74, 6) is 0.922. The van der Waals surface area contributed by atoms with Gasteiger partial charge in [0.15, 0.2) is 0 Å². The highest BCUT2D eigenvalue weighted by atomic mass is 15.1. The smallest absolute Gasteiger partial charge is 0.00159 e. The van der Waals surface area contributed by atoms with Gasteiger partial charge in [-0.3, -0.25) is 0 Å². The molecular formula is C18H36N2. The molecule has 2 heteroatoms. The van der Waals surface area contributed by atoms with Crippen LogP contribution in [0.15, 0.2) is 24.3 Å². The van der Waals surface area contributed by atoms with E-state index < -0.39 is 0 Å². The van der Waals surface area contributed by atoms with Gasteiger partial charge >= 0.3 is 0 Å². The Hall–Kier alpha value is -0.600. The summed E-state index contributed by atoms with van der Waals surface area (Å²) in [6.07, 6.45) is 9.43. The third-order valence-electron chi connectivity index (χ3n) is 3.81. The lowest BCUT2D eigenvalue weighted by molar-refractivity contribution is 0.163. The Balaban J connectivity index is 0.000000621. The maximum absolute atomic E-state index is 3.79. The third kappa shape index (κ3) is 11.2. The van der Waals surface area contributed by atoms with Gasteiger partial charge in [-0.25, -0.2) is 0 Å². The second kappa shape index (κ2) is 12.2. The molecule has 1 atom stereocenters. The molecule has 1 aliphatic rings. The summed E-state index contributed by atoms with van der Waals surface area (Å²) < 4.78 is 0. The van der Waals surface area contributed by atoms with Gasteiger partial charge in [0.2, 0.25) is 0 Å². The highest BCUT2D eigenvalue weighted by Gasteiger charge is 2.18. The first-order valence-electron chi connectivity index (χ1n) is 8.07. The van der Waals surface area contributed by atoms with Gasteiger partial charge in [0.25, 0.3) is 0 Å². The van der Waals surface area contributed by atoms with E-state index in [4.69, 9.17) is 0 Å². The average Bonchev–Trinajstić information content (AvgIpc) is 2.44. The molecule has 1 heterocycles. The summed E-state index contributed by atoms with van der Waals surface area (Å²) in [6, 6.07) is 0. The van der Waals surface area contributed by atoms with Gasteiger partial charge in [-0.1, -0.05) is 17.7 Å². The summed E-state index contributed by atoms with van der Waals surface area (Å²) >= 11 is 0. The van der Waals surface area contributed by atoms with Crippen molar-refractivity contribution in [3.05, 3.63) is 24.3 Å². The van der Waals surface area contributed by atoms with Crippen molar-refractivity contribution in [2.75, 3.05) is 40.3 Å². The van der Waals surface area contributed by atoms with Crippen LogP contribution in [0.2, 0.25) is 0 Å². The van der Waals surface area contributed by atoms with Crippen LogP contribution in [0.25, 0.3) is 0 Å². The SMILES string of the molecule is C=CCCN1CCCC(CCN(C)C)C1.CC=C(C)C. The quantitative estimate of drug-likeness (QED) is 0.673. The van der Waals surface area contributed by atoms with Crippen molar-refractivity contribution in [3.63, 3.8) is 0 Å². The zero-order chi connectivity index (χ0) is 15.4. The summed E-state index contributed by atoms with van der Waals surface area (Å²) in [5.41, 5.74) is 1.38. The molecule has 20 heavy (non-hydrogen) atoms. The van der Waals surface area contributed by atoms with E-state index in [1.807, 2.05) is 13.0 Å². The predicted octanol–water partition coefficient (Wildman–Crippen LogP) is 4.20. The molecule has 0 amide bonds. The van der Waals surface area contributed by atoms with Crippen molar-refractivity contribution in [1.82, 2.24) is 9.80 Å². The molecule has 0 saturated carbocycles. The minimum atomic E-state index is 0.922. The summed E-state index contributed by atoms with van der Waals surface area (Å²) in [5, 5.41) is 0. The molecule has 0 radical (unpaired) electrons. The molecular weight excluding hydrogens is 244 g/mol. The topological polar surface area (TPSA) is 6.48 Å². The fraction of sp³-hybridized carbons (Fsp3) is 0.778. The van der Waals surface area contributed by atoms with Gasteiger partial charge in [-0.2, -0.15) is 0 Å². The van der Waals surface area contributed by atoms with E-state index in [0.29, 0.717) is 0 Å². The zero-order valence-electron chi connectivity index (χ0n) is 14.5. The van der Waals surface area contributed by atoms with E-state index in [-0.39, 0.29) is 0 Å². The Labute approximate surface area is 127 Å². The number of rotatable bonds is 6. The monoisotopic (exact) mass is 280 g/mol. The number of allylic oxidation sites excluding steroid dienone is 2. The average molecular weight is 280 g/mol. The highest BCUT2D eigenvalue weighted by Crippen LogP contribution is 2.19. The van der Waals surface area contributed by atoms with E-state index in [1.165, 1.54) is 51.0 Å². The fourth-order valence-corrected chi connectivity index (χ4v) is 2.30. The molecule has 0 bridgehead atoms. The minimum absolute atomic E-state index is 0.922. The van der Waals surface area contributed by atoms with Gasteiger partial charge in [-0.15, -0.1) is 6.58 Å². The molecule has 0 aromatic rings. The Morgan fingerprint density at radius 3 is 2.50 bits per heavy atom. The van der Waals surface area contributed by atoms with Gasteiger partial charge in [0, 0.05) is 13.1 Å². The second-order valence-electron chi connectivity index (χ2n) is 6.34. The van der Waals surface area contributed by atoms with Gasteiger partial charge in [0.05, 0.1) is 0 Å². The van der Waals surface area contributed by atoms with Crippen molar-refractivity contribution >= 4 is 0 Å². The first-order valence-corrected chi connectivity index (χ1v) is 8.07. The first-order chi connectivity index (χ1) is 9.49. The van der Waals surface area contributed by atoms with Crippen LogP contribution in [0, 0.1) is 5.92 Å². The van der Waals surface area contributed by atoms with E-state index >= 15 is 0 Å². The summed E-state index contributed by atoms with van der Waals surface area (Å²) in [6.45, 7) is 15.0. The number of likely N-dealkylation sites (tertiary alicyclic amines) is 1. The largest absolute Gasteiger partial charge is 0.309 e. The van der Waals surface area contributed by atoms with Gasteiger partial charge in [0.1, 0.15) is 0 Å². The highest BCUT2D eigenvalue weighted by molar-refractivity contribution is 4.88. The standard InChI is InChI=1S/C13H26N2.C5H10/c1-4-5-9-15-10-6-7-13(12-15)8-11-14(2)3;1-4-5(2)3/h4,13H,1,5-12H2,2-3H3;4H,1-3H3. The summed E-state index contributed by atoms with van der Waals surface area (Å²) in [7, 11) is 4.33. The maximum Gasteiger partial charge on any atom is 0.00159 e. The molecule has 1 aliphatic heterocycles. The Morgan fingerprint density at radius 2 is 2.00 bits per heavy atom. The molecule has 1 rings (SSSR count). The predicted molar refractivity (Wildman–Crippen MR) is 92.3 cm³/mol. The minimum Gasteiger partial charge on any atom is -0.309 e. The molecule has 118 valence electrons. The van der Waals surface area contributed by atoms with Crippen molar-refractivity contribution in [3.8, 4) is 0 Å². The molecule has 1 saturated heterocycles. The van der Waals surface area contributed by atoms with Crippen LogP contribution in [0.5, 0.6) is 0 Å². The first kappa shape index (κ1) is 19.4. The molecule has 0 aromatic carbocycles. The van der Waals surface area contributed by atoms with Crippen molar-refractivity contribution in [2.24, 2.45) is 5.92 Å². The molecule has 2 nitrogen and oxygen atoms in total. The number of hydrogen-bond donors (Lipinski definition) is 0.